The minimum Gasteiger partial charge on any atom is -0.490 e. The van der Waals surface area contributed by atoms with Crippen LogP contribution in [0, 0.1) is 10.1 Å². The van der Waals surface area contributed by atoms with Crippen LogP contribution in [-0.2, 0) is 9.53 Å². The van der Waals surface area contributed by atoms with Gasteiger partial charge in [0.15, 0.2) is 10.6 Å². The third kappa shape index (κ3) is 5.46. The second kappa shape index (κ2) is 11.9. The Labute approximate surface area is 243 Å². The fourth-order valence-corrected chi connectivity index (χ4v) is 6.04. The maximum absolute atomic E-state index is 14.0. The van der Waals surface area contributed by atoms with Crippen molar-refractivity contribution < 1.29 is 19.2 Å². The van der Waals surface area contributed by atoms with Gasteiger partial charge < -0.3 is 9.47 Å². The predicted octanol–water partition coefficient (Wildman–Crippen LogP) is 4.57. The van der Waals surface area contributed by atoms with E-state index in [2.05, 4.69) is 0 Å². The average Bonchev–Trinajstić information content (AvgIpc) is 3.30. The SMILES string of the molecule is CCOC(=O)C1=C(c2ccccc2)N=c2s/c(=C\c3ccc(OC)c([N+](=O)[O-])c3)c(=O)n2[C@H]1c1ccc(SC)cc1. The second-order valence-electron chi connectivity index (χ2n) is 8.89. The van der Waals surface area contributed by atoms with Crippen molar-refractivity contribution in [3.05, 3.63) is 125 Å². The number of carbonyl (C=O) groups is 1. The number of carbonyl (C=O) groups excluding carboxylic acids is 1. The maximum Gasteiger partial charge on any atom is 0.338 e. The Morgan fingerprint density at radius 2 is 1.88 bits per heavy atom. The number of hydrogen-bond donors (Lipinski definition) is 0. The minimum atomic E-state index is -0.802. The average molecular weight is 588 g/mol. The first kappa shape index (κ1) is 28.1. The van der Waals surface area contributed by atoms with Crippen molar-refractivity contribution in [3.8, 4) is 5.75 Å². The number of aromatic nitrogens is 1. The predicted molar refractivity (Wildman–Crippen MR) is 159 cm³/mol. The van der Waals surface area contributed by atoms with Crippen LogP contribution in [0.1, 0.15) is 29.7 Å². The Kier molecular flexibility index (Phi) is 8.18. The third-order valence-electron chi connectivity index (χ3n) is 6.50. The summed E-state index contributed by atoms with van der Waals surface area (Å²) in [6.07, 6.45) is 3.55. The zero-order chi connectivity index (χ0) is 29.1. The summed E-state index contributed by atoms with van der Waals surface area (Å²) in [5.41, 5.74) is 1.99. The van der Waals surface area contributed by atoms with Crippen LogP contribution in [0.15, 0.2) is 93.1 Å². The number of nitrogens with zero attached hydrogens (tertiary/aromatic N) is 3. The summed E-state index contributed by atoms with van der Waals surface area (Å²) in [6.45, 7) is 1.88. The highest BCUT2D eigenvalue weighted by molar-refractivity contribution is 7.98. The molecule has 1 aliphatic rings. The van der Waals surface area contributed by atoms with Gasteiger partial charge in [-0.15, -0.1) is 11.8 Å². The first-order valence-electron chi connectivity index (χ1n) is 12.6. The number of esters is 1. The number of benzene rings is 3. The van der Waals surface area contributed by atoms with Crippen molar-refractivity contribution in [2.75, 3.05) is 20.0 Å². The van der Waals surface area contributed by atoms with Gasteiger partial charge in [-0.25, -0.2) is 9.79 Å². The summed E-state index contributed by atoms with van der Waals surface area (Å²) in [7, 11) is 1.36. The van der Waals surface area contributed by atoms with E-state index >= 15 is 0 Å². The van der Waals surface area contributed by atoms with E-state index in [0.29, 0.717) is 26.2 Å². The fraction of sp³-hybridized carbons (Fsp3) is 0.167. The van der Waals surface area contributed by atoms with Crippen molar-refractivity contribution in [1.29, 1.82) is 0 Å². The van der Waals surface area contributed by atoms with Gasteiger partial charge in [0.2, 0.25) is 0 Å². The first-order chi connectivity index (χ1) is 19.9. The zero-order valence-corrected chi connectivity index (χ0v) is 24.0. The molecule has 11 heteroatoms. The highest BCUT2D eigenvalue weighted by atomic mass is 32.2. The van der Waals surface area contributed by atoms with E-state index in [4.69, 9.17) is 14.5 Å². The molecular formula is C30H25N3O6S2. The zero-order valence-electron chi connectivity index (χ0n) is 22.4. The van der Waals surface area contributed by atoms with Crippen LogP contribution in [0.5, 0.6) is 5.75 Å². The number of fused-ring (bicyclic) bond motifs is 1. The van der Waals surface area contributed by atoms with Crippen molar-refractivity contribution in [3.63, 3.8) is 0 Å². The number of thioether (sulfide) groups is 1. The van der Waals surface area contributed by atoms with Gasteiger partial charge in [-0.05, 0) is 48.6 Å². The van der Waals surface area contributed by atoms with Crippen LogP contribution in [0.4, 0.5) is 5.69 Å². The lowest BCUT2D eigenvalue weighted by atomic mass is 9.93. The van der Waals surface area contributed by atoms with E-state index < -0.39 is 16.9 Å². The number of ether oxygens (including phenoxy) is 2. The molecule has 1 aliphatic heterocycles. The quantitative estimate of drug-likeness (QED) is 0.128. The van der Waals surface area contributed by atoms with Crippen LogP contribution in [0.2, 0.25) is 0 Å². The molecule has 0 N–H and O–H groups in total. The van der Waals surface area contributed by atoms with E-state index in [-0.39, 0.29) is 29.2 Å². The molecule has 1 aromatic heterocycles. The summed E-state index contributed by atoms with van der Waals surface area (Å²) < 4.78 is 12.4. The lowest BCUT2D eigenvalue weighted by molar-refractivity contribution is -0.385. The molecule has 2 heterocycles. The molecule has 0 aliphatic carbocycles. The second-order valence-corrected chi connectivity index (χ2v) is 10.8. The Morgan fingerprint density at radius 1 is 1.15 bits per heavy atom. The molecule has 0 fully saturated rings. The molecule has 0 saturated carbocycles. The van der Waals surface area contributed by atoms with Gasteiger partial charge in [0.05, 0.1) is 40.5 Å². The van der Waals surface area contributed by atoms with Gasteiger partial charge >= 0.3 is 11.7 Å². The molecule has 9 nitrogen and oxygen atoms in total. The molecule has 1 atom stereocenters. The van der Waals surface area contributed by atoms with Gasteiger partial charge in [0, 0.05) is 16.5 Å². The third-order valence-corrected chi connectivity index (χ3v) is 8.23. The molecule has 0 amide bonds. The molecule has 0 spiro atoms. The van der Waals surface area contributed by atoms with Crippen molar-refractivity contribution >= 4 is 46.5 Å². The van der Waals surface area contributed by atoms with Crippen molar-refractivity contribution in [1.82, 2.24) is 4.57 Å². The van der Waals surface area contributed by atoms with Crippen LogP contribution in [0.3, 0.4) is 0 Å². The Balaban J connectivity index is 1.79. The molecule has 3 aromatic carbocycles. The number of thiazole rings is 1. The molecule has 4 aromatic rings. The summed E-state index contributed by atoms with van der Waals surface area (Å²) in [5.74, 6) is -0.442. The molecule has 0 radical (unpaired) electrons. The van der Waals surface area contributed by atoms with E-state index in [0.717, 1.165) is 21.8 Å². The lowest BCUT2D eigenvalue weighted by Crippen LogP contribution is -2.40. The van der Waals surface area contributed by atoms with Crippen molar-refractivity contribution in [2.45, 2.75) is 17.9 Å². The first-order valence-corrected chi connectivity index (χ1v) is 14.6. The molecule has 41 heavy (non-hydrogen) atoms. The Morgan fingerprint density at radius 3 is 2.51 bits per heavy atom. The Hall–Kier alpha value is -4.48. The van der Waals surface area contributed by atoms with Gasteiger partial charge in [-0.2, -0.15) is 0 Å². The normalized spacial score (nSPS) is 14.8. The van der Waals surface area contributed by atoms with Gasteiger partial charge in [-0.1, -0.05) is 59.9 Å². The molecule has 0 saturated heterocycles. The van der Waals surface area contributed by atoms with E-state index in [1.165, 1.54) is 23.8 Å². The smallest absolute Gasteiger partial charge is 0.338 e. The molecule has 208 valence electrons. The molecule has 5 rings (SSSR count). The topological polar surface area (TPSA) is 113 Å². The highest BCUT2D eigenvalue weighted by Gasteiger charge is 2.35. The molecule has 0 unspecified atom stereocenters. The summed E-state index contributed by atoms with van der Waals surface area (Å²) in [5, 5.41) is 11.6. The van der Waals surface area contributed by atoms with Crippen LogP contribution < -0.4 is 19.6 Å². The Bertz CT molecular complexity index is 1840. The minimum absolute atomic E-state index is 0.119. The van der Waals surface area contributed by atoms with E-state index in [1.54, 1.807) is 30.8 Å². The number of hydrogen-bond acceptors (Lipinski definition) is 9. The van der Waals surface area contributed by atoms with Gasteiger partial charge in [-0.3, -0.25) is 19.5 Å². The molecule has 0 bridgehead atoms. The number of nitro benzene ring substituents is 1. The molecular weight excluding hydrogens is 562 g/mol. The highest BCUT2D eigenvalue weighted by Crippen LogP contribution is 2.36. The largest absolute Gasteiger partial charge is 0.490 e. The van der Waals surface area contributed by atoms with E-state index in [1.807, 2.05) is 60.9 Å². The lowest BCUT2D eigenvalue weighted by Gasteiger charge is -2.26. The number of rotatable bonds is 8. The van der Waals surface area contributed by atoms with Crippen molar-refractivity contribution in [2.24, 2.45) is 4.99 Å². The van der Waals surface area contributed by atoms with E-state index in [9.17, 15) is 19.7 Å². The summed E-state index contributed by atoms with van der Waals surface area (Å²) >= 11 is 2.74. The number of methoxy groups -OCH3 is 1. The standard InChI is InChI=1S/C30H25N3O6S2/c1-4-39-29(35)25-26(19-8-6-5-7-9-19)31-30-32(27(25)20-11-13-21(40-3)14-12-20)28(34)24(41-30)17-18-10-15-23(38-2)22(16-18)33(36)37/h5-17,27H,4H2,1-3H3/b24-17-/t27-/m0/s1. The van der Waals surface area contributed by atoms with Crippen LogP contribution >= 0.6 is 23.1 Å². The fourth-order valence-electron chi connectivity index (χ4n) is 4.63. The maximum atomic E-state index is 14.0. The van der Waals surface area contributed by atoms with Crippen LogP contribution in [-0.4, -0.2) is 35.4 Å². The number of nitro groups is 1. The monoisotopic (exact) mass is 587 g/mol. The summed E-state index contributed by atoms with van der Waals surface area (Å²) in [4.78, 5) is 44.8. The van der Waals surface area contributed by atoms with Crippen LogP contribution in [0.25, 0.3) is 11.8 Å². The van der Waals surface area contributed by atoms with Gasteiger partial charge in [0.1, 0.15) is 0 Å². The van der Waals surface area contributed by atoms with Gasteiger partial charge in [0.25, 0.3) is 5.56 Å². The summed E-state index contributed by atoms with van der Waals surface area (Å²) in [6, 6.07) is 20.7.